The van der Waals surface area contributed by atoms with Gasteiger partial charge in [0.15, 0.2) is 0 Å². The molecule has 0 N–H and O–H groups in total. The van der Waals surface area contributed by atoms with Gasteiger partial charge in [-0.25, -0.2) is 0 Å². The predicted molar refractivity (Wildman–Crippen MR) is 105 cm³/mol. The number of imidazole rings is 1. The molecular weight excluding hydrogens is 417 g/mol. The summed E-state index contributed by atoms with van der Waals surface area (Å²) in [6, 6.07) is 5.14. The smallest absolute Gasteiger partial charge is 0.416 e. The fourth-order valence-corrected chi connectivity index (χ4v) is 3.75. The van der Waals surface area contributed by atoms with Gasteiger partial charge in [0.2, 0.25) is 0 Å². The van der Waals surface area contributed by atoms with Gasteiger partial charge in [0, 0.05) is 37.7 Å². The third-order valence-electron chi connectivity index (χ3n) is 5.27. The number of benzene rings is 1. The highest BCUT2D eigenvalue weighted by Crippen LogP contribution is 2.32. The van der Waals surface area contributed by atoms with Gasteiger partial charge >= 0.3 is 18.0 Å². The molecule has 4 rings (SSSR count). The summed E-state index contributed by atoms with van der Waals surface area (Å²) in [5.41, 5.74) is -0.605. The summed E-state index contributed by atoms with van der Waals surface area (Å²) < 4.78 is 45.4. The van der Waals surface area contributed by atoms with Crippen LogP contribution in [0, 0.1) is 10.1 Å². The summed E-state index contributed by atoms with van der Waals surface area (Å²) in [6.45, 7) is 5.89. The van der Waals surface area contributed by atoms with E-state index in [9.17, 15) is 23.3 Å². The Morgan fingerprint density at radius 2 is 1.94 bits per heavy atom. The van der Waals surface area contributed by atoms with E-state index in [1.54, 1.807) is 10.8 Å². The van der Waals surface area contributed by atoms with Crippen LogP contribution in [0.5, 0.6) is 6.01 Å². The van der Waals surface area contributed by atoms with Gasteiger partial charge in [-0.1, -0.05) is 12.1 Å². The fourth-order valence-electron chi connectivity index (χ4n) is 3.75. The lowest BCUT2D eigenvalue weighted by atomic mass is 10.1. The van der Waals surface area contributed by atoms with Gasteiger partial charge in [0.25, 0.3) is 0 Å². The number of hydrogen-bond acceptors (Lipinski definition) is 7. The van der Waals surface area contributed by atoms with E-state index in [2.05, 4.69) is 15.0 Å². The van der Waals surface area contributed by atoms with Crippen molar-refractivity contribution in [2.24, 2.45) is 5.10 Å². The van der Waals surface area contributed by atoms with Crippen molar-refractivity contribution in [1.82, 2.24) is 19.5 Å². The molecule has 0 spiro atoms. The molecule has 0 unspecified atom stereocenters. The molecule has 166 valence electrons. The Labute approximate surface area is 175 Å². The number of nitro groups is 1. The van der Waals surface area contributed by atoms with Crippen LogP contribution >= 0.6 is 0 Å². The maximum atomic E-state index is 12.6. The molecule has 1 saturated heterocycles. The summed E-state index contributed by atoms with van der Waals surface area (Å²) in [6.07, 6.45) is -1.41. The summed E-state index contributed by atoms with van der Waals surface area (Å²) in [7, 11) is 0. The summed E-state index contributed by atoms with van der Waals surface area (Å²) >= 11 is 0. The number of ether oxygens (including phenoxy) is 1. The first-order valence-electron chi connectivity index (χ1n) is 9.70. The molecule has 0 radical (unpaired) electrons. The molecule has 0 bridgehead atoms. The van der Waals surface area contributed by atoms with Gasteiger partial charge in [-0.15, -0.1) is 0 Å². The highest BCUT2D eigenvalue weighted by molar-refractivity contribution is 5.79. The SMILES string of the molecule is C[C@@]1(CN2CCN(/N=C/c3ccc(C(F)(F)F)cc3)CC2)Cn2cc([N+](=O)[O-])nc2O1. The molecule has 1 aromatic heterocycles. The third kappa shape index (κ3) is 4.79. The van der Waals surface area contributed by atoms with Crippen LogP contribution in [-0.4, -0.2) is 68.9 Å². The maximum Gasteiger partial charge on any atom is 0.416 e. The summed E-state index contributed by atoms with van der Waals surface area (Å²) in [4.78, 5) is 16.4. The molecule has 0 aliphatic carbocycles. The molecule has 9 nitrogen and oxygen atoms in total. The average molecular weight is 438 g/mol. The van der Waals surface area contributed by atoms with Gasteiger partial charge in [-0.2, -0.15) is 18.3 Å². The number of nitrogens with zero attached hydrogens (tertiary/aromatic N) is 6. The molecule has 1 fully saturated rings. The van der Waals surface area contributed by atoms with Gasteiger partial charge in [0.1, 0.15) is 11.8 Å². The molecule has 3 heterocycles. The zero-order valence-electron chi connectivity index (χ0n) is 16.7. The van der Waals surface area contributed by atoms with Crippen molar-refractivity contribution in [3.8, 4) is 6.01 Å². The van der Waals surface area contributed by atoms with E-state index >= 15 is 0 Å². The standard InChI is InChI=1S/C19H21F3N6O3/c1-18(13-26-11-16(28(29)30)24-17(26)31-18)12-25-6-8-27(9-7-25)23-10-14-2-4-15(5-3-14)19(20,21)22/h2-5,10-11H,6-9,12-13H2,1H3/b23-10+/t18-/m1/s1. The van der Waals surface area contributed by atoms with Crippen LogP contribution in [-0.2, 0) is 12.7 Å². The van der Waals surface area contributed by atoms with Crippen molar-refractivity contribution >= 4 is 12.0 Å². The molecular formula is C19H21F3N6O3. The van der Waals surface area contributed by atoms with Crippen molar-refractivity contribution in [3.63, 3.8) is 0 Å². The van der Waals surface area contributed by atoms with Crippen LogP contribution in [0.1, 0.15) is 18.1 Å². The molecule has 1 atom stereocenters. The van der Waals surface area contributed by atoms with E-state index in [0.717, 1.165) is 25.2 Å². The number of hydrazone groups is 1. The molecule has 0 amide bonds. The van der Waals surface area contributed by atoms with E-state index < -0.39 is 22.3 Å². The fraction of sp³-hybridized carbons (Fsp3) is 0.474. The third-order valence-corrected chi connectivity index (χ3v) is 5.27. The van der Waals surface area contributed by atoms with Crippen LogP contribution in [0.4, 0.5) is 19.0 Å². The second-order valence-corrected chi connectivity index (χ2v) is 7.91. The zero-order chi connectivity index (χ0) is 22.2. The number of fused-ring (bicyclic) bond motifs is 1. The Balaban J connectivity index is 1.26. The van der Waals surface area contributed by atoms with E-state index in [1.165, 1.54) is 18.3 Å². The minimum atomic E-state index is -4.35. The van der Waals surface area contributed by atoms with E-state index in [4.69, 9.17) is 4.74 Å². The molecule has 2 aliphatic rings. The topological polar surface area (TPSA) is 89.0 Å². The number of rotatable bonds is 5. The first kappa shape index (κ1) is 21.1. The largest absolute Gasteiger partial charge is 0.436 e. The van der Waals surface area contributed by atoms with Gasteiger partial charge in [0.05, 0.1) is 18.3 Å². The van der Waals surface area contributed by atoms with Crippen molar-refractivity contribution < 1.29 is 22.8 Å². The number of hydrogen-bond donors (Lipinski definition) is 0. The molecule has 12 heteroatoms. The molecule has 31 heavy (non-hydrogen) atoms. The highest BCUT2D eigenvalue weighted by atomic mass is 19.4. The van der Waals surface area contributed by atoms with Crippen molar-refractivity contribution in [2.45, 2.75) is 25.2 Å². The molecule has 2 aromatic rings. The zero-order valence-corrected chi connectivity index (χ0v) is 16.7. The van der Waals surface area contributed by atoms with E-state index in [-0.39, 0.29) is 11.8 Å². The van der Waals surface area contributed by atoms with Crippen molar-refractivity contribution in [3.05, 3.63) is 51.7 Å². The molecule has 1 aromatic carbocycles. The second kappa shape index (κ2) is 7.84. The Hall–Kier alpha value is -3.15. The lowest BCUT2D eigenvalue weighted by Gasteiger charge is -2.36. The normalized spacial score (nSPS) is 22.0. The second-order valence-electron chi connectivity index (χ2n) is 7.91. The Bertz CT molecular complexity index is 957. The maximum absolute atomic E-state index is 12.6. The minimum absolute atomic E-state index is 0.225. The molecule has 0 saturated carbocycles. The lowest BCUT2D eigenvalue weighted by molar-refractivity contribution is -0.389. The van der Waals surface area contributed by atoms with Gasteiger partial charge in [-0.3, -0.25) is 14.5 Å². The van der Waals surface area contributed by atoms with Crippen LogP contribution in [0.25, 0.3) is 0 Å². The quantitative estimate of drug-likeness (QED) is 0.405. The number of alkyl halides is 3. The van der Waals surface area contributed by atoms with Gasteiger partial charge in [-0.05, 0) is 29.5 Å². The summed E-state index contributed by atoms with van der Waals surface area (Å²) in [5.74, 6) is -0.225. The molecule has 2 aliphatic heterocycles. The van der Waals surface area contributed by atoms with Crippen molar-refractivity contribution in [2.75, 3.05) is 32.7 Å². The van der Waals surface area contributed by atoms with Crippen molar-refractivity contribution in [1.29, 1.82) is 0 Å². The highest BCUT2D eigenvalue weighted by Gasteiger charge is 2.41. The van der Waals surface area contributed by atoms with E-state index in [0.29, 0.717) is 31.7 Å². The van der Waals surface area contributed by atoms with Crippen LogP contribution in [0.2, 0.25) is 0 Å². The Morgan fingerprint density at radius 1 is 1.26 bits per heavy atom. The summed E-state index contributed by atoms with van der Waals surface area (Å²) in [5, 5.41) is 17.1. The Kier molecular flexibility index (Phi) is 5.33. The van der Waals surface area contributed by atoms with Crippen LogP contribution in [0.3, 0.4) is 0 Å². The average Bonchev–Trinajstić information content (AvgIpc) is 3.22. The first-order chi connectivity index (χ1) is 14.6. The van der Waals surface area contributed by atoms with Crippen LogP contribution in [0.15, 0.2) is 35.6 Å². The number of piperazine rings is 1. The predicted octanol–water partition coefficient (Wildman–Crippen LogP) is 2.61. The number of aromatic nitrogens is 2. The Morgan fingerprint density at radius 3 is 2.52 bits per heavy atom. The first-order valence-corrected chi connectivity index (χ1v) is 9.70. The minimum Gasteiger partial charge on any atom is -0.436 e. The van der Waals surface area contributed by atoms with Crippen LogP contribution < -0.4 is 4.74 Å². The van der Waals surface area contributed by atoms with Gasteiger partial charge < -0.3 is 14.9 Å². The monoisotopic (exact) mass is 438 g/mol. The number of halogens is 3. The van der Waals surface area contributed by atoms with E-state index in [1.807, 2.05) is 11.9 Å². The lowest BCUT2D eigenvalue weighted by Crippen LogP contribution is -2.51.